The van der Waals surface area contributed by atoms with Gasteiger partial charge in [0, 0.05) is 36.7 Å². The number of carbonyl (C=O) groups is 2. The molecule has 2 aliphatic heterocycles. The van der Waals surface area contributed by atoms with E-state index in [9.17, 15) is 14.7 Å². The lowest BCUT2D eigenvalue weighted by Crippen LogP contribution is -2.46. The number of esters is 2. The van der Waals surface area contributed by atoms with Crippen LogP contribution in [0.2, 0.25) is 0 Å². The maximum atomic E-state index is 12.0. The second-order valence-electron chi connectivity index (χ2n) is 10.8. The van der Waals surface area contributed by atoms with Gasteiger partial charge in [-0.3, -0.25) is 0 Å². The van der Waals surface area contributed by atoms with Gasteiger partial charge in [-0.05, 0) is 79.4 Å². The highest BCUT2D eigenvalue weighted by Gasteiger charge is 2.52. The first-order valence-corrected chi connectivity index (χ1v) is 13.6. The Balaban J connectivity index is 1.12. The predicted octanol–water partition coefficient (Wildman–Crippen LogP) is 4.61. The number of hydrogen-bond acceptors (Lipinski definition) is 8. The molecule has 2 aliphatic rings. The molecule has 3 heterocycles. The Kier molecular flexibility index (Phi) is 6.64. The zero-order valence-corrected chi connectivity index (χ0v) is 22.5. The molecule has 2 saturated heterocycles. The minimum absolute atomic E-state index is 0.102. The fraction of sp³-hybridized carbons (Fsp3) is 0.355. The highest BCUT2D eigenvalue weighted by molar-refractivity contribution is 6.31. The number of piperidine rings is 1. The third-order valence-electron chi connectivity index (χ3n) is 7.62. The lowest BCUT2D eigenvalue weighted by atomic mass is 9.83. The van der Waals surface area contributed by atoms with Gasteiger partial charge >= 0.3 is 17.9 Å². The number of nitrogens with one attached hydrogen (secondary N) is 1. The molecule has 2 N–H and O–H groups in total. The quantitative estimate of drug-likeness (QED) is 0.244. The molecule has 3 aromatic carbocycles. The van der Waals surface area contributed by atoms with Crippen LogP contribution in [0.3, 0.4) is 0 Å². The number of hydrogen-bond donors (Lipinski definition) is 2. The fourth-order valence-corrected chi connectivity index (χ4v) is 5.48. The van der Waals surface area contributed by atoms with Gasteiger partial charge in [0.1, 0.15) is 11.5 Å². The summed E-state index contributed by atoms with van der Waals surface area (Å²) in [4.78, 5) is 29.3. The molecule has 0 aliphatic carbocycles. The number of carbonyl (C=O) groups excluding carboxylic acids is 2. The van der Waals surface area contributed by atoms with Crippen LogP contribution >= 0.6 is 0 Å². The fourth-order valence-electron chi connectivity index (χ4n) is 5.48. The summed E-state index contributed by atoms with van der Waals surface area (Å²) >= 11 is 0. The van der Waals surface area contributed by atoms with Crippen LogP contribution in [0.1, 0.15) is 38.7 Å². The van der Waals surface area contributed by atoms with Gasteiger partial charge in [0.2, 0.25) is 0 Å². The smallest absolute Gasteiger partial charge is 0.423 e. The summed E-state index contributed by atoms with van der Waals surface area (Å²) in [5.74, 6) is -2.73. The highest BCUT2D eigenvalue weighted by Crippen LogP contribution is 2.37. The molecule has 208 valence electrons. The third-order valence-corrected chi connectivity index (χ3v) is 7.62. The Labute approximate surface area is 231 Å². The SMILES string of the molecule is CC(C)Oc1ccc2cc(C3(O)CCN(CCC4(Oc5cccc6[nH]ccc56)OC(=O)C(=O)O4)CC3)ccc2c1. The first-order valence-electron chi connectivity index (χ1n) is 13.6. The summed E-state index contributed by atoms with van der Waals surface area (Å²) in [5, 5.41) is 14.4. The van der Waals surface area contributed by atoms with Gasteiger partial charge < -0.3 is 33.9 Å². The van der Waals surface area contributed by atoms with E-state index >= 15 is 0 Å². The van der Waals surface area contributed by atoms with Gasteiger partial charge in [0.05, 0.1) is 18.1 Å². The Morgan fingerprint density at radius 1 is 0.975 bits per heavy atom. The predicted molar refractivity (Wildman–Crippen MR) is 148 cm³/mol. The molecule has 9 nitrogen and oxygen atoms in total. The largest absolute Gasteiger partial charge is 0.491 e. The van der Waals surface area contributed by atoms with Crippen LogP contribution < -0.4 is 9.47 Å². The first-order chi connectivity index (χ1) is 19.2. The molecule has 6 rings (SSSR count). The van der Waals surface area contributed by atoms with Gasteiger partial charge in [-0.2, -0.15) is 0 Å². The molecule has 40 heavy (non-hydrogen) atoms. The number of aromatic nitrogens is 1. The van der Waals surface area contributed by atoms with Gasteiger partial charge in [-0.1, -0.05) is 24.3 Å². The van der Waals surface area contributed by atoms with Crippen molar-refractivity contribution < 1.29 is 33.6 Å². The topological polar surface area (TPSA) is 110 Å². The summed E-state index contributed by atoms with van der Waals surface area (Å²) in [5.41, 5.74) is 0.772. The average molecular weight is 545 g/mol. The minimum atomic E-state index is -1.84. The van der Waals surface area contributed by atoms with Gasteiger partial charge in [-0.25, -0.2) is 9.59 Å². The van der Waals surface area contributed by atoms with Crippen molar-refractivity contribution >= 4 is 33.6 Å². The van der Waals surface area contributed by atoms with Crippen LogP contribution in [0.25, 0.3) is 21.7 Å². The van der Waals surface area contributed by atoms with E-state index in [0.29, 0.717) is 38.2 Å². The molecule has 0 unspecified atom stereocenters. The molecule has 0 bridgehead atoms. The normalized spacial score (nSPS) is 18.7. The number of fused-ring (bicyclic) bond motifs is 2. The summed E-state index contributed by atoms with van der Waals surface area (Å²) in [6, 6.07) is 19.3. The number of likely N-dealkylation sites (tertiary alicyclic amines) is 1. The summed E-state index contributed by atoms with van der Waals surface area (Å²) < 4.78 is 22.5. The van der Waals surface area contributed by atoms with E-state index in [1.54, 1.807) is 18.3 Å². The Morgan fingerprint density at radius 3 is 2.45 bits per heavy atom. The number of H-pyrrole nitrogens is 1. The van der Waals surface area contributed by atoms with Gasteiger partial charge in [0.25, 0.3) is 0 Å². The molecule has 0 spiro atoms. The standard InChI is InChI=1S/C31H32N2O7/c1-20(2)37-24-9-7-21-18-23(8-6-22(21)19-24)30(36)11-15-33(16-12-30)17-13-31(39-28(34)29(35)40-31)38-27-5-3-4-26-25(27)10-14-32-26/h3-10,14,18-20,32,36H,11-13,15-17H2,1-2H3. The van der Waals surface area contributed by atoms with Crippen LogP contribution in [0.4, 0.5) is 0 Å². The van der Waals surface area contributed by atoms with E-state index in [1.165, 1.54) is 0 Å². The molecule has 0 saturated carbocycles. The zero-order chi connectivity index (χ0) is 27.9. The van der Waals surface area contributed by atoms with Gasteiger partial charge in [0.15, 0.2) is 0 Å². The Hall–Kier alpha value is -4.08. The third kappa shape index (κ3) is 5.10. The molecular formula is C31H32N2O7. The Morgan fingerprint density at radius 2 is 1.70 bits per heavy atom. The van der Waals surface area contributed by atoms with Crippen LogP contribution in [0.15, 0.2) is 66.9 Å². The molecule has 9 heteroatoms. The lowest BCUT2D eigenvalue weighted by molar-refractivity contribution is -0.278. The van der Waals surface area contributed by atoms with Crippen LogP contribution in [-0.4, -0.2) is 58.6 Å². The van der Waals surface area contributed by atoms with E-state index in [2.05, 4.69) is 9.88 Å². The van der Waals surface area contributed by atoms with Crippen LogP contribution in [-0.2, 0) is 24.7 Å². The molecule has 2 fully saturated rings. The number of ether oxygens (including phenoxy) is 4. The molecule has 0 atom stereocenters. The van der Waals surface area contributed by atoms with Crippen molar-refractivity contribution in [2.45, 2.75) is 50.8 Å². The lowest BCUT2D eigenvalue weighted by Gasteiger charge is -2.39. The summed E-state index contributed by atoms with van der Waals surface area (Å²) in [7, 11) is 0. The highest BCUT2D eigenvalue weighted by atomic mass is 16.9. The van der Waals surface area contributed by atoms with Crippen molar-refractivity contribution in [3.8, 4) is 11.5 Å². The molecule has 0 amide bonds. The molecule has 0 radical (unpaired) electrons. The second-order valence-corrected chi connectivity index (χ2v) is 10.8. The van der Waals surface area contributed by atoms with Crippen molar-refractivity contribution in [3.63, 3.8) is 0 Å². The number of aliphatic hydroxyl groups is 1. The molecule has 1 aromatic heterocycles. The zero-order valence-electron chi connectivity index (χ0n) is 22.5. The van der Waals surface area contributed by atoms with E-state index in [1.807, 2.05) is 62.4 Å². The minimum Gasteiger partial charge on any atom is -0.491 e. The summed E-state index contributed by atoms with van der Waals surface area (Å²) in [6.45, 7) is 5.66. The maximum Gasteiger partial charge on any atom is 0.423 e. The average Bonchev–Trinajstić information content (AvgIpc) is 3.52. The van der Waals surface area contributed by atoms with E-state index in [0.717, 1.165) is 33.0 Å². The maximum absolute atomic E-state index is 12.0. The van der Waals surface area contributed by atoms with E-state index < -0.39 is 23.5 Å². The van der Waals surface area contributed by atoms with Crippen LogP contribution in [0.5, 0.6) is 11.5 Å². The van der Waals surface area contributed by atoms with Crippen molar-refractivity contribution in [1.29, 1.82) is 0 Å². The Bertz CT molecular complexity index is 1550. The van der Waals surface area contributed by atoms with Crippen molar-refractivity contribution in [2.75, 3.05) is 19.6 Å². The van der Waals surface area contributed by atoms with Crippen molar-refractivity contribution in [1.82, 2.24) is 9.88 Å². The van der Waals surface area contributed by atoms with E-state index in [4.69, 9.17) is 18.9 Å². The number of cyclic esters (lactones) is 2. The second kappa shape index (κ2) is 10.1. The van der Waals surface area contributed by atoms with Crippen molar-refractivity contribution in [3.05, 3.63) is 72.4 Å². The van der Waals surface area contributed by atoms with Crippen molar-refractivity contribution in [2.24, 2.45) is 0 Å². The number of benzene rings is 3. The number of aromatic amines is 1. The summed E-state index contributed by atoms with van der Waals surface area (Å²) in [6.07, 6.45) is 3.07. The molecule has 4 aromatic rings. The monoisotopic (exact) mass is 544 g/mol. The number of rotatable bonds is 8. The molecular weight excluding hydrogens is 512 g/mol. The van der Waals surface area contributed by atoms with E-state index in [-0.39, 0.29) is 12.5 Å². The van der Waals surface area contributed by atoms with Gasteiger partial charge in [-0.15, -0.1) is 0 Å². The first kappa shape index (κ1) is 26.2. The number of nitrogens with zero attached hydrogens (tertiary/aromatic N) is 1. The van der Waals surface area contributed by atoms with Crippen LogP contribution in [0, 0.1) is 0 Å².